The molecule has 0 bridgehead atoms. The Morgan fingerprint density at radius 1 is 1.03 bits per heavy atom. The third kappa shape index (κ3) is 4.09. The second-order valence-electron chi connectivity index (χ2n) is 9.46. The van der Waals surface area contributed by atoms with Crippen LogP contribution in [0.4, 0.5) is 20.4 Å². The number of rotatable bonds is 5. The molecule has 3 heterocycles. The number of amides is 1. The Morgan fingerprint density at radius 2 is 1.85 bits per heavy atom. The molecule has 1 aliphatic rings. The fraction of sp³-hybridized carbons (Fsp3) is 0.103. The molecule has 39 heavy (non-hydrogen) atoms. The number of fused-ring (bicyclic) bond motifs is 2. The van der Waals surface area contributed by atoms with Crippen LogP contribution in [-0.2, 0) is 0 Å². The number of aromatic nitrogens is 3. The van der Waals surface area contributed by atoms with Gasteiger partial charge in [0.15, 0.2) is 6.04 Å². The first kappa shape index (κ1) is 23.4. The molecule has 3 aromatic carbocycles. The summed E-state index contributed by atoms with van der Waals surface area (Å²) in [5.41, 5.74) is 8.65. The van der Waals surface area contributed by atoms with E-state index < -0.39 is 17.5 Å². The van der Waals surface area contributed by atoms with Crippen LogP contribution in [-0.4, -0.2) is 16.2 Å². The molecule has 10 heteroatoms. The smallest absolute Gasteiger partial charge is 0.302 e. The molecule has 0 spiro atoms. The molecule has 1 fully saturated rings. The van der Waals surface area contributed by atoms with E-state index in [0.717, 1.165) is 46.6 Å². The highest BCUT2D eigenvalue weighted by Crippen LogP contribution is 2.43. The number of hydrogen-bond acceptors (Lipinski definition) is 6. The Balaban J connectivity index is 1.40. The second-order valence-corrected chi connectivity index (χ2v) is 10.5. The first-order valence-electron chi connectivity index (χ1n) is 12.3. The summed E-state index contributed by atoms with van der Waals surface area (Å²) in [6.45, 7) is 0. The Hall–Kier alpha value is -4.70. The third-order valence-corrected chi connectivity index (χ3v) is 7.93. The minimum absolute atomic E-state index is 0.151. The quantitative estimate of drug-likeness (QED) is 0.243. The minimum atomic E-state index is -0.741. The summed E-state index contributed by atoms with van der Waals surface area (Å²) in [7, 11) is 0. The largest absolute Gasteiger partial charge is 0.397 e. The van der Waals surface area contributed by atoms with Crippen LogP contribution in [0.1, 0.15) is 28.6 Å². The number of pyridine rings is 1. The zero-order chi connectivity index (χ0) is 26.7. The summed E-state index contributed by atoms with van der Waals surface area (Å²) in [4.78, 5) is 18.8. The van der Waals surface area contributed by atoms with E-state index in [1.54, 1.807) is 16.9 Å². The maximum atomic E-state index is 15.1. The van der Waals surface area contributed by atoms with Crippen molar-refractivity contribution in [1.29, 1.82) is 0 Å². The van der Waals surface area contributed by atoms with Crippen molar-refractivity contribution >= 4 is 49.8 Å². The van der Waals surface area contributed by atoms with Gasteiger partial charge in [-0.05, 0) is 39.2 Å². The summed E-state index contributed by atoms with van der Waals surface area (Å²) in [5, 5.41) is 9.06. The van der Waals surface area contributed by atoms with Crippen molar-refractivity contribution in [2.45, 2.75) is 18.9 Å². The van der Waals surface area contributed by atoms with Crippen LogP contribution in [0.3, 0.4) is 0 Å². The molecule has 1 aliphatic carbocycles. The number of carbonyl (C=O) groups excluding carboxylic acids is 1. The van der Waals surface area contributed by atoms with Gasteiger partial charge in [0.1, 0.15) is 21.3 Å². The highest BCUT2D eigenvalue weighted by atomic mass is 32.1. The first-order valence-corrected chi connectivity index (χ1v) is 13.1. The number of nitrogen functional groups attached to an aromatic ring is 1. The van der Waals surface area contributed by atoms with Gasteiger partial charge in [-0.25, -0.2) is 13.8 Å². The molecule has 0 aliphatic heterocycles. The highest BCUT2D eigenvalue weighted by Gasteiger charge is 2.36. The summed E-state index contributed by atoms with van der Waals surface area (Å²) >= 11 is 1.10. The van der Waals surface area contributed by atoms with E-state index in [1.807, 2.05) is 42.5 Å². The summed E-state index contributed by atoms with van der Waals surface area (Å²) in [5.74, 6) is -1.73. The van der Waals surface area contributed by atoms with Gasteiger partial charge in [0.05, 0.1) is 11.4 Å². The van der Waals surface area contributed by atoms with Crippen molar-refractivity contribution in [2.24, 2.45) is 0 Å². The van der Waals surface area contributed by atoms with Gasteiger partial charge in [-0.2, -0.15) is 0 Å². The Bertz CT molecular complexity index is 1920. The lowest BCUT2D eigenvalue weighted by Gasteiger charge is -2.11. The van der Waals surface area contributed by atoms with Gasteiger partial charge in [-0.3, -0.25) is 14.6 Å². The lowest BCUT2D eigenvalue weighted by atomic mass is 9.96. The van der Waals surface area contributed by atoms with E-state index >= 15 is 4.39 Å². The molecular formula is C29H20F2N5O2S+. The van der Waals surface area contributed by atoms with E-state index in [0.29, 0.717) is 27.5 Å². The third-order valence-electron chi connectivity index (χ3n) is 6.83. The number of benzene rings is 3. The van der Waals surface area contributed by atoms with Crippen LogP contribution in [0.2, 0.25) is 0 Å². The highest BCUT2D eigenvalue weighted by molar-refractivity contribution is 7.21. The van der Waals surface area contributed by atoms with Gasteiger partial charge in [0.2, 0.25) is 5.27 Å². The Morgan fingerprint density at radius 3 is 2.67 bits per heavy atom. The number of anilines is 2. The van der Waals surface area contributed by atoms with Gasteiger partial charge in [-0.1, -0.05) is 42.5 Å². The zero-order valence-corrected chi connectivity index (χ0v) is 21.1. The van der Waals surface area contributed by atoms with E-state index in [4.69, 9.17) is 15.2 Å². The van der Waals surface area contributed by atoms with Gasteiger partial charge in [0.25, 0.3) is 12.1 Å². The minimum Gasteiger partial charge on any atom is -0.397 e. The molecule has 3 N–H and O–H groups in total. The summed E-state index contributed by atoms with van der Waals surface area (Å²) in [6.07, 6.45) is 3.66. The summed E-state index contributed by atoms with van der Waals surface area (Å²) < 4.78 is 35.8. The molecule has 1 saturated carbocycles. The number of nitrogens with zero attached hydrogens (tertiary/aromatic N) is 3. The molecule has 192 valence electrons. The zero-order valence-electron chi connectivity index (χ0n) is 20.3. The van der Waals surface area contributed by atoms with Crippen molar-refractivity contribution in [3.05, 3.63) is 89.4 Å². The molecule has 7 rings (SSSR count). The monoisotopic (exact) mass is 540 g/mol. The molecule has 7 nitrogen and oxygen atoms in total. The number of thiophene rings is 1. The predicted octanol–water partition coefficient (Wildman–Crippen LogP) is 6.51. The van der Waals surface area contributed by atoms with Crippen LogP contribution in [0.15, 0.2) is 77.4 Å². The SMILES string of the molecule is Nc1c(C(=O)Nc2c[n+](C3CC3)no2)sc2nc(-c3cccc4ccccc34)cc(-c3ccc(F)cc3F)c12. The molecular weight excluding hydrogens is 520 g/mol. The molecule has 3 aromatic heterocycles. The van der Waals surface area contributed by atoms with Crippen molar-refractivity contribution in [2.75, 3.05) is 11.1 Å². The van der Waals surface area contributed by atoms with E-state index in [9.17, 15) is 9.18 Å². The fourth-order valence-electron chi connectivity index (χ4n) is 4.79. The maximum Gasteiger partial charge on any atom is 0.302 e. The van der Waals surface area contributed by atoms with Crippen LogP contribution < -0.4 is 15.7 Å². The van der Waals surface area contributed by atoms with Crippen molar-refractivity contribution in [3.63, 3.8) is 0 Å². The number of nitrogens with one attached hydrogen (secondary N) is 1. The Labute approximate surface area is 224 Å². The standard InChI is InChI=1S/C29H19F2N5O2S/c30-16-8-11-19(22(31)12-16)21-13-23(20-7-3-5-15-4-1-2-6-18(15)20)33-29-25(21)26(32)27(39-29)28(37)34-24-14-36(35-38-24)17-9-10-17/h1-8,11-14,17H,9-10H2,(H2-,32,34,35,37)/p+1. The molecule has 0 radical (unpaired) electrons. The van der Waals surface area contributed by atoms with E-state index in [-0.39, 0.29) is 22.0 Å². The average Bonchev–Trinajstić information content (AvgIpc) is 3.59. The normalized spacial score (nSPS) is 13.3. The first-order chi connectivity index (χ1) is 19.0. The predicted molar refractivity (Wildman–Crippen MR) is 145 cm³/mol. The number of nitrogens with two attached hydrogens (primary N) is 1. The Kier molecular flexibility index (Phi) is 5.38. The molecule has 0 unspecified atom stereocenters. The van der Waals surface area contributed by atoms with Crippen LogP contribution in [0.5, 0.6) is 0 Å². The molecule has 6 aromatic rings. The van der Waals surface area contributed by atoms with Gasteiger partial charge < -0.3 is 5.73 Å². The van der Waals surface area contributed by atoms with Crippen molar-refractivity contribution < 1.29 is 22.8 Å². The van der Waals surface area contributed by atoms with E-state index in [1.165, 1.54) is 12.1 Å². The molecule has 0 saturated heterocycles. The number of carbonyl (C=O) groups is 1. The lowest BCUT2D eigenvalue weighted by molar-refractivity contribution is -0.765. The lowest BCUT2D eigenvalue weighted by Crippen LogP contribution is -2.32. The van der Waals surface area contributed by atoms with Crippen LogP contribution in [0, 0.1) is 11.6 Å². The van der Waals surface area contributed by atoms with Crippen molar-refractivity contribution in [1.82, 2.24) is 10.3 Å². The summed E-state index contributed by atoms with van der Waals surface area (Å²) in [6, 6.07) is 19.2. The second kappa shape index (κ2) is 8.95. The van der Waals surface area contributed by atoms with Crippen LogP contribution >= 0.6 is 11.3 Å². The fourth-order valence-corrected chi connectivity index (χ4v) is 5.81. The maximum absolute atomic E-state index is 15.1. The molecule has 0 atom stereocenters. The van der Waals surface area contributed by atoms with Crippen LogP contribution in [0.25, 0.3) is 43.4 Å². The van der Waals surface area contributed by atoms with E-state index in [2.05, 4.69) is 10.6 Å². The number of hydrogen-bond donors (Lipinski definition) is 2. The molecule has 1 amide bonds. The van der Waals surface area contributed by atoms with Crippen molar-refractivity contribution in [3.8, 4) is 22.4 Å². The van der Waals surface area contributed by atoms with Gasteiger partial charge in [-0.15, -0.1) is 11.3 Å². The van der Waals surface area contributed by atoms with Gasteiger partial charge >= 0.3 is 5.88 Å². The topological polar surface area (TPSA) is 97.9 Å². The number of halogens is 2. The van der Waals surface area contributed by atoms with Gasteiger partial charge in [0, 0.05) is 35.4 Å². The average molecular weight is 541 g/mol.